The zero-order chi connectivity index (χ0) is 18.0. The third kappa shape index (κ3) is 3.75. The zero-order valence-corrected chi connectivity index (χ0v) is 14.6. The molecule has 1 amide bonds. The fourth-order valence-corrected chi connectivity index (χ4v) is 3.58. The fourth-order valence-electron chi connectivity index (χ4n) is 2.50. The number of fused-ring (bicyclic) bond motifs is 1. The number of hydrazine groups is 1. The molecule has 1 atom stereocenters. The Bertz CT molecular complexity index is 911. The first-order valence-electron chi connectivity index (χ1n) is 7.64. The molecule has 1 heterocycles. The summed E-state index contributed by atoms with van der Waals surface area (Å²) in [5.41, 5.74) is 3.72. The number of amides is 1. The maximum Gasteiger partial charge on any atom is 0.279 e. The van der Waals surface area contributed by atoms with Crippen molar-refractivity contribution in [3.8, 4) is 11.5 Å². The number of sulfonamides is 1. The number of para-hydroxylation sites is 2. The van der Waals surface area contributed by atoms with Gasteiger partial charge in [-0.1, -0.05) is 29.8 Å². The van der Waals surface area contributed by atoms with E-state index in [4.69, 9.17) is 9.47 Å². The molecule has 0 aliphatic carbocycles. The van der Waals surface area contributed by atoms with Crippen molar-refractivity contribution in [1.29, 1.82) is 0 Å². The normalized spacial score (nSPS) is 16.3. The largest absolute Gasteiger partial charge is 0.485 e. The van der Waals surface area contributed by atoms with Crippen LogP contribution in [-0.4, -0.2) is 27.0 Å². The Morgan fingerprint density at radius 3 is 2.56 bits per heavy atom. The number of benzene rings is 2. The Labute approximate surface area is 146 Å². The topological polar surface area (TPSA) is 93.7 Å². The fraction of sp³-hybridized carbons (Fsp3) is 0.235. The third-order valence-corrected chi connectivity index (χ3v) is 5.14. The van der Waals surface area contributed by atoms with Crippen LogP contribution in [0, 0.1) is 13.8 Å². The van der Waals surface area contributed by atoms with Gasteiger partial charge in [0.05, 0.1) is 4.90 Å². The molecule has 0 radical (unpaired) electrons. The summed E-state index contributed by atoms with van der Waals surface area (Å²) in [5.74, 6) is 0.344. The highest BCUT2D eigenvalue weighted by molar-refractivity contribution is 7.89. The summed E-state index contributed by atoms with van der Waals surface area (Å²) in [6, 6.07) is 11.9. The number of aryl methyl sites for hydroxylation is 2. The van der Waals surface area contributed by atoms with Crippen LogP contribution in [0.1, 0.15) is 11.1 Å². The van der Waals surface area contributed by atoms with Crippen LogP contribution in [0.15, 0.2) is 47.4 Å². The van der Waals surface area contributed by atoms with Gasteiger partial charge in [0.25, 0.3) is 15.9 Å². The van der Waals surface area contributed by atoms with E-state index in [0.717, 1.165) is 5.56 Å². The van der Waals surface area contributed by atoms with Gasteiger partial charge >= 0.3 is 0 Å². The van der Waals surface area contributed by atoms with Crippen molar-refractivity contribution >= 4 is 15.9 Å². The monoisotopic (exact) mass is 362 g/mol. The molecule has 132 valence electrons. The SMILES string of the molecule is Cc1ccc(S(=O)(=O)NNC(=O)[C@@H]2COc3ccccc3O2)c(C)c1. The van der Waals surface area contributed by atoms with E-state index >= 15 is 0 Å². The molecular weight excluding hydrogens is 344 g/mol. The van der Waals surface area contributed by atoms with Crippen molar-refractivity contribution in [1.82, 2.24) is 10.3 Å². The number of nitrogens with one attached hydrogen (secondary N) is 2. The van der Waals surface area contributed by atoms with Crippen molar-refractivity contribution in [2.45, 2.75) is 24.8 Å². The lowest BCUT2D eigenvalue weighted by atomic mass is 10.2. The average molecular weight is 362 g/mol. The van der Waals surface area contributed by atoms with Crippen LogP contribution in [-0.2, 0) is 14.8 Å². The highest BCUT2D eigenvalue weighted by atomic mass is 32.2. The summed E-state index contributed by atoms with van der Waals surface area (Å²) in [6.45, 7) is 3.56. The highest BCUT2D eigenvalue weighted by Crippen LogP contribution is 2.30. The summed E-state index contributed by atoms with van der Waals surface area (Å²) in [4.78, 5) is 14.4. The molecule has 2 aromatic rings. The molecule has 0 aromatic heterocycles. The number of carbonyl (C=O) groups is 1. The lowest BCUT2D eigenvalue weighted by molar-refractivity contribution is -0.130. The Balaban J connectivity index is 1.66. The zero-order valence-electron chi connectivity index (χ0n) is 13.8. The van der Waals surface area contributed by atoms with Gasteiger partial charge in [-0.3, -0.25) is 10.2 Å². The number of rotatable bonds is 4. The van der Waals surface area contributed by atoms with Crippen LogP contribution in [0.4, 0.5) is 0 Å². The minimum atomic E-state index is -3.88. The maximum absolute atomic E-state index is 12.4. The molecule has 2 N–H and O–H groups in total. The summed E-state index contributed by atoms with van der Waals surface area (Å²) >= 11 is 0. The average Bonchev–Trinajstić information content (AvgIpc) is 2.59. The van der Waals surface area contributed by atoms with Crippen LogP contribution in [0.2, 0.25) is 0 Å². The second-order valence-electron chi connectivity index (χ2n) is 5.73. The Hall–Kier alpha value is -2.58. The van der Waals surface area contributed by atoms with E-state index in [9.17, 15) is 13.2 Å². The van der Waals surface area contributed by atoms with E-state index in [1.165, 1.54) is 6.07 Å². The van der Waals surface area contributed by atoms with Crippen LogP contribution in [0.5, 0.6) is 11.5 Å². The van der Waals surface area contributed by atoms with Gasteiger partial charge in [-0.2, -0.15) is 0 Å². The molecule has 0 spiro atoms. The van der Waals surface area contributed by atoms with E-state index in [0.29, 0.717) is 17.1 Å². The quantitative estimate of drug-likeness (QED) is 0.803. The molecule has 1 aliphatic heterocycles. The van der Waals surface area contributed by atoms with Gasteiger partial charge in [0.1, 0.15) is 6.61 Å². The predicted molar refractivity (Wildman–Crippen MR) is 90.7 cm³/mol. The van der Waals surface area contributed by atoms with Crippen molar-refractivity contribution in [3.05, 3.63) is 53.6 Å². The van der Waals surface area contributed by atoms with Crippen LogP contribution in [0.3, 0.4) is 0 Å². The number of hydrogen-bond donors (Lipinski definition) is 2. The molecule has 2 aromatic carbocycles. The molecule has 0 saturated heterocycles. The second-order valence-corrected chi connectivity index (χ2v) is 7.38. The van der Waals surface area contributed by atoms with Crippen molar-refractivity contribution in [2.24, 2.45) is 0 Å². The molecular formula is C17H18N2O5S. The van der Waals surface area contributed by atoms with E-state index < -0.39 is 22.0 Å². The molecule has 0 saturated carbocycles. The van der Waals surface area contributed by atoms with Gasteiger partial charge in [-0.05, 0) is 37.6 Å². The smallest absolute Gasteiger partial charge is 0.279 e. The third-order valence-electron chi connectivity index (χ3n) is 3.73. The molecule has 0 unspecified atom stereocenters. The van der Waals surface area contributed by atoms with Gasteiger partial charge in [-0.25, -0.2) is 8.42 Å². The van der Waals surface area contributed by atoms with E-state index in [1.807, 2.05) is 6.92 Å². The standard InChI is InChI=1S/C17H18N2O5S/c1-11-7-8-16(12(2)9-11)25(21,22)19-18-17(20)15-10-23-13-5-3-4-6-14(13)24-15/h3-9,15,19H,10H2,1-2H3,(H,18,20)/t15-/m0/s1. The first-order valence-corrected chi connectivity index (χ1v) is 9.12. The molecule has 3 rings (SSSR count). The highest BCUT2D eigenvalue weighted by Gasteiger charge is 2.28. The minimum absolute atomic E-state index is 0.00582. The minimum Gasteiger partial charge on any atom is -0.485 e. The van der Waals surface area contributed by atoms with Gasteiger partial charge in [0.15, 0.2) is 11.5 Å². The van der Waals surface area contributed by atoms with Gasteiger partial charge in [-0.15, -0.1) is 4.83 Å². The first-order chi connectivity index (χ1) is 11.9. The maximum atomic E-state index is 12.4. The molecule has 25 heavy (non-hydrogen) atoms. The van der Waals surface area contributed by atoms with Crippen molar-refractivity contribution in [2.75, 3.05) is 6.61 Å². The summed E-state index contributed by atoms with van der Waals surface area (Å²) in [7, 11) is -3.88. The second kappa shape index (κ2) is 6.73. The first kappa shape index (κ1) is 17.2. The molecule has 1 aliphatic rings. The van der Waals surface area contributed by atoms with E-state index in [2.05, 4.69) is 10.3 Å². The number of hydrogen-bond acceptors (Lipinski definition) is 5. The van der Waals surface area contributed by atoms with E-state index in [1.54, 1.807) is 43.3 Å². The van der Waals surface area contributed by atoms with Crippen molar-refractivity contribution in [3.63, 3.8) is 0 Å². The number of ether oxygens (including phenoxy) is 2. The molecule has 0 bridgehead atoms. The summed E-state index contributed by atoms with van der Waals surface area (Å²) in [6.07, 6.45) is -0.947. The molecule has 8 heteroatoms. The van der Waals surface area contributed by atoms with Gasteiger partial charge < -0.3 is 9.47 Å². The Kier molecular flexibility index (Phi) is 4.65. The Morgan fingerprint density at radius 1 is 1.12 bits per heavy atom. The van der Waals surface area contributed by atoms with Crippen LogP contribution in [0.25, 0.3) is 0 Å². The van der Waals surface area contributed by atoms with Crippen LogP contribution >= 0.6 is 0 Å². The van der Waals surface area contributed by atoms with Gasteiger partial charge in [0, 0.05) is 0 Å². The summed E-state index contributed by atoms with van der Waals surface area (Å²) in [5, 5.41) is 0. The summed E-state index contributed by atoms with van der Waals surface area (Å²) < 4.78 is 35.7. The van der Waals surface area contributed by atoms with E-state index in [-0.39, 0.29) is 11.5 Å². The van der Waals surface area contributed by atoms with Gasteiger partial charge in [0.2, 0.25) is 6.10 Å². The predicted octanol–water partition coefficient (Wildman–Crippen LogP) is 1.45. The molecule has 0 fully saturated rings. The van der Waals surface area contributed by atoms with Crippen molar-refractivity contribution < 1.29 is 22.7 Å². The lowest BCUT2D eigenvalue weighted by Crippen LogP contribution is -2.50. The lowest BCUT2D eigenvalue weighted by Gasteiger charge is -2.25. The number of carbonyl (C=O) groups excluding carboxylic acids is 1. The van der Waals surface area contributed by atoms with Crippen LogP contribution < -0.4 is 19.7 Å². The Morgan fingerprint density at radius 2 is 1.84 bits per heavy atom. The molecule has 7 nitrogen and oxygen atoms in total.